The third-order valence-corrected chi connectivity index (χ3v) is 3.31. The van der Waals surface area contributed by atoms with Gasteiger partial charge < -0.3 is 15.0 Å². The van der Waals surface area contributed by atoms with E-state index < -0.39 is 0 Å². The van der Waals surface area contributed by atoms with Crippen LogP contribution in [0.25, 0.3) is 0 Å². The summed E-state index contributed by atoms with van der Waals surface area (Å²) < 4.78 is 1.68. The molecule has 0 aliphatic heterocycles. The van der Waals surface area contributed by atoms with Crippen LogP contribution < -0.4 is 10.9 Å². The van der Waals surface area contributed by atoms with Crippen molar-refractivity contribution in [3.8, 4) is 0 Å². The van der Waals surface area contributed by atoms with Gasteiger partial charge in [0.1, 0.15) is 0 Å². The smallest absolute Gasteiger partial charge is 0.293 e. The van der Waals surface area contributed by atoms with E-state index in [1.54, 1.807) is 17.0 Å². The van der Waals surface area contributed by atoms with Crippen molar-refractivity contribution in [3.63, 3.8) is 0 Å². The van der Waals surface area contributed by atoms with Crippen molar-refractivity contribution in [1.82, 2.24) is 9.55 Å². The number of nitrogens with one attached hydrogen (secondary N) is 1. The Balaban J connectivity index is 2.82. The summed E-state index contributed by atoms with van der Waals surface area (Å²) in [4.78, 5) is 16.5. The van der Waals surface area contributed by atoms with Gasteiger partial charge in [0, 0.05) is 31.1 Å². The minimum Gasteiger partial charge on any atom is -0.396 e. The highest BCUT2D eigenvalue weighted by molar-refractivity contribution is 5.31. The molecular formula is C15H27N3O2. The van der Waals surface area contributed by atoms with Crippen LogP contribution in [0.4, 0.5) is 5.82 Å². The summed E-state index contributed by atoms with van der Waals surface area (Å²) in [6.07, 6.45) is 5.03. The molecule has 0 aliphatic carbocycles. The van der Waals surface area contributed by atoms with E-state index in [-0.39, 0.29) is 23.1 Å². The molecule has 20 heavy (non-hydrogen) atoms. The van der Waals surface area contributed by atoms with E-state index >= 15 is 0 Å². The Morgan fingerprint density at radius 2 is 1.95 bits per heavy atom. The molecular weight excluding hydrogens is 254 g/mol. The van der Waals surface area contributed by atoms with Crippen molar-refractivity contribution in [2.24, 2.45) is 5.41 Å². The molecule has 114 valence electrons. The molecule has 0 saturated carbocycles. The summed E-state index contributed by atoms with van der Waals surface area (Å²) in [5, 5.41) is 12.0. The van der Waals surface area contributed by atoms with Crippen LogP contribution in [0.5, 0.6) is 0 Å². The minimum absolute atomic E-state index is 0.0131. The van der Waals surface area contributed by atoms with Crippen LogP contribution in [0, 0.1) is 5.41 Å². The van der Waals surface area contributed by atoms with Crippen molar-refractivity contribution in [2.45, 2.75) is 53.0 Å². The molecule has 0 aromatic carbocycles. The predicted octanol–water partition coefficient (Wildman–Crippen LogP) is 2.21. The third-order valence-electron chi connectivity index (χ3n) is 3.31. The van der Waals surface area contributed by atoms with Crippen LogP contribution in [-0.2, 0) is 5.54 Å². The van der Waals surface area contributed by atoms with Crippen molar-refractivity contribution < 1.29 is 5.11 Å². The van der Waals surface area contributed by atoms with Crippen LogP contribution in [0.1, 0.15) is 47.5 Å². The lowest BCUT2D eigenvalue weighted by Crippen LogP contribution is -2.36. The summed E-state index contributed by atoms with van der Waals surface area (Å²) in [6.45, 7) is 11.0. The van der Waals surface area contributed by atoms with Crippen LogP contribution >= 0.6 is 0 Å². The molecule has 0 spiro atoms. The van der Waals surface area contributed by atoms with Gasteiger partial charge in [0.15, 0.2) is 5.82 Å². The molecule has 1 heterocycles. The topological polar surface area (TPSA) is 67.2 Å². The molecule has 0 amide bonds. The van der Waals surface area contributed by atoms with E-state index in [2.05, 4.69) is 24.1 Å². The summed E-state index contributed by atoms with van der Waals surface area (Å²) >= 11 is 0. The zero-order chi connectivity index (χ0) is 15.4. The molecule has 0 aliphatic rings. The Bertz CT molecular complexity index is 487. The highest BCUT2D eigenvalue weighted by atomic mass is 16.2. The van der Waals surface area contributed by atoms with Gasteiger partial charge in [0.05, 0.1) is 0 Å². The molecule has 0 atom stereocenters. The average molecular weight is 281 g/mol. The second-order valence-electron chi connectivity index (χ2n) is 6.97. The number of rotatable bonds is 6. The molecule has 5 heteroatoms. The van der Waals surface area contributed by atoms with Crippen molar-refractivity contribution in [2.75, 3.05) is 18.5 Å². The fourth-order valence-electron chi connectivity index (χ4n) is 2.03. The quantitative estimate of drug-likeness (QED) is 0.839. The standard InChI is InChI=1S/C15H27N3O2/c1-14(2,3)18-9-8-16-12(13(18)20)17-11-15(4,5)7-6-10-19/h8-9,19H,6-7,10-11H2,1-5H3,(H,16,17). The zero-order valence-corrected chi connectivity index (χ0v) is 13.2. The predicted molar refractivity (Wildman–Crippen MR) is 82.1 cm³/mol. The van der Waals surface area contributed by atoms with Gasteiger partial charge >= 0.3 is 0 Å². The van der Waals surface area contributed by atoms with E-state index in [4.69, 9.17) is 5.11 Å². The van der Waals surface area contributed by atoms with Gasteiger partial charge in [-0.2, -0.15) is 0 Å². The average Bonchev–Trinajstić information content (AvgIpc) is 2.34. The van der Waals surface area contributed by atoms with E-state index in [0.717, 1.165) is 12.8 Å². The van der Waals surface area contributed by atoms with Crippen LogP contribution in [0.3, 0.4) is 0 Å². The molecule has 5 nitrogen and oxygen atoms in total. The second-order valence-corrected chi connectivity index (χ2v) is 6.97. The number of aliphatic hydroxyl groups excluding tert-OH is 1. The number of nitrogens with zero attached hydrogens (tertiary/aromatic N) is 2. The van der Waals surface area contributed by atoms with E-state index in [9.17, 15) is 4.79 Å². The fourth-order valence-corrected chi connectivity index (χ4v) is 2.03. The highest BCUT2D eigenvalue weighted by Gasteiger charge is 2.20. The first-order valence-electron chi connectivity index (χ1n) is 7.10. The highest BCUT2D eigenvalue weighted by Crippen LogP contribution is 2.22. The zero-order valence-electron chi connectivity index (χ0n) is 13.2. The molecule has 1 rings (SSSR count). The number of hydrogen-bond acceptors (Lipinski definition) is 4. The maximum Gasteiger partial charge on any atom is 0.293 e. The normalized spacial score (nSPS) is 12.5. The number of aromatic nitrogens is 2. The van der Waals surface area contributed by atoms with Gasteiger partial charge in [0.25, 0.3) is 5.56 Å². The Labute approximate surface area is 121 Å². The van der Waals surface area contributed by atoms with Gasteiger partial charge in [-0.05, 0) is 39.0 Å². The van der Waals surface area contributed by atoms with Crippen LogP contribution in [0.15, 0.2) is 17.2 Å². The van der Waals surface area contributed by atoms with E-state index in [1.807, 2.05) is 20.8 Å². The van der Waals surface area contributed by atoms with Crippen molar-refractivity contribution in [1.29, 1.82) is 0 Å². The van der Waals surface area contributed by atoms with Crippen LogP contribution in [-0.4, -0.2) is 27.8 Å². The summed E-state index contributed by atoms with van der Waals surface area (Å²) in [5.74, 6) is 0.388. The Morgan fingerprint density at radius 3 is 2.50 bits per heavy atom. The molecule has 1 aromatic heterocycles. The molecule has 0 unspecified atom stereocenters. The molecule has 0 radical (unpaired) electrons. The van der Waals surface area contributed by atoms with Gasteiger partial charge in [-0.15, -0.1) is 0 Å². The third kappa shape index (κ3) is 4.63. The monoisotopic (exact) mass is 281 g/mol. The van der Waals surface area contributed by atoms with Crippen LogP contribution in [0.2, 0.25) is 0 Å². The number of aliphatic hydroxyl groups is 1. The summed E-state index contributed by atoms with van der Waals surface area (Å²) in [7, 11) is 0. The first-order chi connectivity index (χ1) is 9.17. The van der Waals surface area contributed by atoms with Crippen molar-refractivity contribution in [3.05, 3.63) is 22.7 Å². The lowest BCUT2D eigenvalue weighted by Gasteiger charge is -2.26. The molecule has 0 saturated heterocycles. The SMILES string of the molecule is CC(C)(CCCO)CNc1nccn(C(C)(C)C)c1=O. The Kier molecular flexibility index (Phi) is 5.34. The van der Waals surface area contributed by atoms with E-state index in [0.29, 0.717) is 12.4 Å². The van der Waals surface area contributed by atoms with Gasteiger partial charge in [-0.3, -0.25) is 4.79 Å². The fraction of sp³-hybridized carbons (Fsp3) is 0.733. The molecule has 1 aromatic rings. The largest absolute Gasteiger partial charge is 0.396 e. The van der Waals surface area contributed by atoms with Gasteiger partial charge in [-0.1, -0.05) is 13.8 Å². The maximum absolute atomic E-state index is 12.3. The van der Waals surface area contributed by atoms with E-state index in [1.165, 1.54) is 0 Å². The first-order valence-corrected chi connectivity index (χ1v) is 7.10. The first kappa shape index (κ1) is 16.7. The number of anilines is 1. The lowest BCUT2D eigenvalue weighted by molar-refractivity contribution is 0.247. The van der Waals surface area contributed by atoms with Gasteiger partial charge in [0.2, 0.25) is 0 Å². The molecule has 0 fully saturated rings. The maximum atomic E-state index is 12.3. The number of hydrogen-bond donors (Lipinski definition) is 2. The summed E-state index contributed by atoms with van der Waals surface area (Å²) in [5.41, 5.74) is -0.347. The lowest BCUT2D eigenvalue weighted by atomic mass is 9.88. The molecule has 2 N–H and O–H groups in total. The summed E-state index contributed by atoms with van der Waals surface area (Å²) in [6, 6.07) is 0. The minimum atomic E-state index is -0.261. The van der Waals surface area contributed by atoms with Gasteiger partial charge in [-0.25, -0.2) is 4.98 Å². The second kappa shape index (κ2) is 6.39. The molecule has 0 bridgehead atoms. The Hall–Kier alpha value is -1.36. The Morgan fingerprint density at radius 1 is 1.30 bits per heavy atom. The van der Waals surface area contributed by atoms with Crippen molar-refractivity contribution >= 4 is 5.82 Å².